The number of aromatic nitrogens is 1. The molecular formula is C15H26N4O3S. The SMILES string of the molecule is CCNC(=NCCOCCS(C)(=O)=O)NCCc1ccccn1. The number of hydrogen-bond acceptors (Lipinski definition) is 5. The van der Waals surface area contributed by atoms with Crippen LogP contribution < -0.4 is 10.6 Å². The zero-order valence-corrected chi connectivity index (χ0v) is 14.6. The molecule has 0 aliphatic carbocycles. The van der Waals surface area contributed by atoms with Gasteiger partial charge in [0.05, 0.1) is 25.5 Å². The second kappa shape index (κ2) is 11.0. The Morgan fingerprint density at radius 1 is 1.30 bits per heavy atom. The van der Waals surface area contributed by atoms with E-state index in [-0.39, 0.29) is 12.4 Å². The van der Waals surface area contributed by atoms with Crippen LogP contribution in [-0.4, -0.2) is 64.2 Å². The lowest BCUT2D eigenvalue weighted by atomic mass is 10.3. The zero-order chi connectivity index (χ0) is 17.0. The summed E-state index contributed by atoms with van der Waals surface area (Å²) >= 11 is 0. The van der Waals surface area contributed by atoms with Gasteiger partial charge < -0.3 is 15.4 Å². The molecule has 1 aromatic heterocycles. The Morgan fingerprint density at radius 3 is 2.78 bits per heavy atom. The van der Waals surface area contributed by atoms with Crippen molar-refractivity contribution in [2.24, 2.45) is 4.99 Å². The van der Waals surface area contributed by atoms with Gasteiger partial charge in [-0.15, -0.1) is 0 Å². The molecule has 0 aromatic carbocycles. The largest absolute Gasteiger partial charge is 0.378 e. The van der Waals surface area contributed by atoms with Crippen molar-refractivity contribution < 1.29 is 13.2 Å². The smallest absolute Gasteiger partial charge is 0.191 e. The third-order valence-corrected chi connectivity index (χ3v) is 3.76. The normalized spacial score (nSPS) is 12.2. The molecule has 1 rings (SSSR count). The molecule has 1 aromatic rings. The minimum Gasteiger partial charge on any atom is -0.378 e. The number of rotatable bonds is 10. The molecule has 130 valence electrons. The van der Waals surface area contributed by atoms with Crippen LogP contribution in [0.2, 0.25) is 0 Å². The maximum Gasteiger partial charge on any atom is 0.191 e. The Kier molecular flexibility index (Phi) is 9.23. The molecule has 7 nitrogen and oxygen atoms in total. The van der Waals surface area contributed by atoms with Gasteiger partial charge in [0.25, 0.3) is 0 Å². The van der Waals surface area contributed by atoms with E-state index in [4.69, 9.17) is 4.74 Å². The fraction of sp³-hybridized carbons (Fsp3) is 0.600. The summed E-state index contributed by atoms with van der Waals surface area (Å²) in [5, 5.41) is 6.38. The summed E-state index contributed by atoms with van der Waals surface area (Å²) in [6, 6.07) is 5.85. The highest BCUT2D eigenvalue weighted by atomic mass is 32.2. The number of nitrogens with one attached hydrogen (secondary N) is 2. The number of pyridine rings is 1. The minimum absolute atomic E-state index is 0.0408. The summed E-state index contributed by atoms with van der Waals surface area (Å²) in [5.41, 5.74) is 1.03. The summed E-state index contributed by atoms with van der Waals surface area (Å²) < 4.78 is 27.2. The predicted octanol–water partition coefficient (Wildman–Crippen LogP) is 0.240. The molecule has 0 bridgehead atoms. The first-order valence-corrected chi connectivity index (χ1v) is 9.75. The van der Waals surface area contributed by atoms with Crippen LogP contribution in [0.15, 0.2) is 29.4 Å². The van der Waals surface area contributed by atoms with Gasteiger partial charge in [-0.3, -0.25) is 9.98 Å². The van der Waals surface area contributed by atoms with Gasteiger partial charge in [-0.05, 0) is 19.1 Å². The Hall–Kier alpha value is -1.67. The van der Waals surface area contributed by atoms with E-state index >= 15 is 0 Å². The average Bonchev–Trinajstić information content (AvgIpc) is 2.50. The highest BCUT2D eigenvalue weighted by molar-refractivity contribution is 7.90. The number of sulfone groups is 1. The van der Waals surface area contributed by atoms with Crippen LogP contribution in [0.25, 0.3) is 0 Å². The van der Waals surface area contributed by atoms with E-state index in [1.807, 2.05) is 25.1 Å². The summed E-state index contributed by atoms with van der Waals surface area (Å²) in [7, 11) is -2.97. The molecule has 0 unspecified atom stereocenters. The maximum absolute atomic E-state index is 11.0. The van der Waals surface area contributed by atoms with E-state index in [1.54, 1.807) is 6.20 Å². The molecule has 0 aliphatic heterocycles. The third kappa shape index (κ3) is 10.6. The lowest BCUT2D eigenvalue weighted by molar-refractivity contribution is 0.157. The van der Waals surface area contributed by atoms with Crippen molar-refractivity contribution in [1.82, 2.24) is 15.6 Å². The van der Waals surface area contributed by atoms with Crippen LogP contribution in [0.5, 0.6) is 0 Å². The molecule has 1 heterocycles. The van der Waals surface area contributed by atoms with Gasteiger partial charge >= 0.3 is 0 Å². The number of guanidine groups is 1. The second-order valence-electron chi connectivity index (χ2n) is 5.00. The number of ether oxygens (including phenoxy) is 1. The van der Waals surface area contributed by atoms with E-state index in [1.165, 1.54) is 6.26 Å². The Balaban J connectivity index is 2.24. The number of aliphatic imine (C=N–C) groups is 1. The highest BCUT2D eigenvalue weighted by Gasteiger charge is 2.01. The van der Waals surface area contributed by atoms with Crippen molar-refractivity contribution in [3.05, 3.63) is 30.1 Å². The van der Waals surface area contributed by atoms with Gasteiger partial charge in [-0.1, -0.05) is 6.07 Å². The minimum atomic E-state index is -2.97. The zero-order valence-electron chi connectivity index (χ0n) is 13.8. The van der Waals surface area contributed by atoms with Gasteiger partial charge in [-0.25, -0.2) is 8.42 Å². The number of nitrogens with zero attached hydrogens (tertiary/aromatic N) is 2. The van der Waals surface area contributed by atoms with Crippen molar-refractivity contribution in [2.45, 2.75) is 13.3 Å². The Morgan fingerprint density at radius 2 is 2.13 bits per heavy atom. The number of hydrogen-bond donors (Lipinski definition) is 2. The van der Waals surface area contributed by atoms with Gasteiger partial charge in [0, 0.05) is 37.7 Å². The van der Waals surface area contributed by atoms with Crippen LogP contribution >= 0.6 is 0 Å². The third-order valence-electron chi connectivity index (χ3n) is 2.85. The fourth-order valence-electron chi connectivity index (χ4n) is 1.73. The van der Waals surface area contributed by atoms with Gasteiger partial charge in [0.15, 0.2) is 5.96 Å². The van der Waals surface area contributed by atoms with Crippen molar-refractivity contribution in [2.75, 3.05) is 44.9 Å². The molecule has 0 amide bonds. The molecule has 8 heteroatoms. The monoisotopic (exact) mass is 342 g/mol. The van der Waals surface area contributed by atoms with E-state index in [0.717, 1.165) is 31.2 Å². The van der Waals surface area contributed by atoms with Crippen LogP contribution in [0, 0.1) is 0 Å². The molecule has 0 atom stereocenters. The molecule has 0 saturated heterocycles. The van der Waals surface area contributed by atoms with E-state index in [2.05, 4.69) is 20.6 Å². The topological polar surface area (TPSA) is 92.7 Å². The van der Waals surface area contributed by atoms with Crippen LogP contribution in [0.4, 0.5) is 0 Å². The first kappa shape index (κ1) is 19.4. The van der Waals surface area contributed by atoms with E-state index in [9.17, 15) is 8.42 Å². The summed E-state index contributed by atoms with van der Waals surface area (Å²) in [6.45, 7) is 4.58. The first-order chi connectivity index (χ1) is 11.0. The quantitative estimate of drug-likeness (QED) is 0.359. The molecule has 0 fully saturated rings. The van der Waals surface area contributed by atoms with Crippen molar-refractivity contribution >= 4 is 15.8 Å². The lowest BCUT2D eigenvalue weighted by Crippen LogP contribution is -2.38. The van der Waals surface area contributed by atoms with Gasteiger partial charge in [0.1, 0.15) is 9.84 Å². The van der Waals surface area contributed by atoms with Crippen molar-refractivity contribution in [1.29, 1.82) is 0 Å². The highest BCUT2D eigenvalue weighted by Crippen LogP contribution is 1.93. The van der Waals surface area contributed by atoms with Crippen LogP contribution in [-0.2, 0) is 21.0 Å². The molecule has 0 aliphatic rings. The van der Waals surface area contributed by atoms with Crippen molar-refractivity contribution in [3.63, 3.8) is 0 Å². The average molecular weight is 342 g/mol. The molecular weight excluding hydrogens is 316 g/mol. The Bertz CT molecular complexity index is 561. The summed E-state index contributed by atoms with van der Waals surface area (Å²) in [5.74, 6) is 0.759. The maximum atomic E-state index is 11.0. The predicted molar refractivity (Wildman–Crippen MR) is 92.5 cm³/mol. The summed E-state index contributed by atoms with van der Waals surface area (Å²) in [6.07, 6.45) is 3.79. The van der Waals surface area contributed by atoms with Crippen LogP contribution in [0.1, 0.15) is 12.6 Å². The lowest BCUT2D eigenvalue weighted by Gasteiger charge is -2.11. The van der Waals surface area contributed by atoms with Gasteiger partial charge in [0.2, 0.25) is 0 Å². The fourth-order valence-corrected chi connectivity index (χ4v) is 2.15. The second-order valence-corrected chi connectivity index (χ2v) is 7.26. The molecule has 0 saturated carbocycles. The molecule has 0 spiro atoms. The molecule has 2 N–H and O–H groups in total. The molecule has 23 heavy (non-hydrogen) atoms. The molecule has 0 radical (unpaired) electrons. The Labute approximate surface area is 138 Å². The standard InChI is InChI=1S/C15H26N4O3S/c1-3-16-15(18-9-7-14-6-4-5-8-17-14)19-10-11-22-12-13-23(2,20)21/h4-6,8H,3,7,9-13H2,1-2H3,(H2,16,18,19). The van der Waals surface area contributed by atoms with E-state index in [0.29, 0.717) is 13.2 Å². The first-order valence-electron chi connectivity index (χ1n) is 7.69. The van der Waals surface area contributed by atoms with Crippen molar-refractivity contribution in [3.8, 4) is 0 Å². The van der Waals surface area contributed by atoms with E-state index < -0.39 is 9.84 Å². The van der Waals surface area contributed by atoms with Gasteiger partial charge in [-0.2, -0.15) is 0 Å². The van der Waals surface area contributed by atoms with Crippen LogP contribution in [0.3, 0.4) is 0 Å². The summed E-state index contributed by atoms with van der Waals surface area (Å²) in [4.78, 5) is 8.65.